The van der Waals surface area contributed by atoms with E-state index in [2.05, 4.69) is 34.2 Å². The van der Waals surface area contributed by atoms with E-state index in [4.69, 9.17) is 14.6 Å². The van der Waals surface area contributed by atoms with E-state index < -0.39 is 5.97 Å². The summed E-state index contributed by atoms with van der Waals surface area (Å²) in [6.07, 6.45) is 3.42. The molecular formula is C22H19IN2O5S. The van der Waals surface area contributed by atoms with Gasteiger partial charge in [-0.15, -0.1) is 0 Å². The third-order valence-corrected chi connectivity index (χ3v) is 6.08. The molecule has 0 aliphatic carbocycles. The van der Waals surface area contributed by atoms with E-state index in [0.717, 1.165) is 9.13 Å². The number of carboxylic acids is 1. The van der Waals surface area contributed by atoms with Crippen molar-refractivity contribution in [3.8, 4) is 11.5 Å². The number of likely N-dealkylation sites (N-methyl/N-ethyl adjacent to an activating group) is 1. The summed E-state index contributed by atoms with van der Waals surface area (Å²) in [6, 6.07) is 9.96. The first-order valence-corrected chi connectivity index (χ1v) is 10.9. The quantitative estimate of drug-likeness (QED) is 0.303. The van der Waals surface area contributed by atoms with Gasteiger partial charge in [-0.1, -0.05) is 18.7 Å². The number of aliphatic imine (C=N–C) groups is 1. The van der Waals surface area contributed by atoms with Crippen LogP contribution in [-0.2, 0) is 4.79 Å². The van der Waals surface area contributed by atoms with E-state index in [1.54, 1.807) is 44.5 Å². The van der Waals surface area contributed by atoms with Crippen LogP contribution in [0.4, 0.5) is 5.69 Å². The molecule has 0 radical (unpaired) electrons. The van der Waals surface area contributed by atoms with Crippen molar-refractivity contribution in [1.82, 2.24) is 4.90 Å². The maximum absolute atomic E-state index is 12.7. The lowest BCUT2D eigenvalue weighted by atomic mass is 10.2. The molecule has 1 aliphatic rings. The first kappa shape index (κ1) is 22.9. The molecule has 1 aliphatic heterocycles. The van der Waals surface area contributed by atoms with Crippen molar-refractivity contribution in [3.05, 3.63) is 68.7 Å². The Balaban J connectivity index is 1.91. The molecule has 1 fully saturated rings. The lowest BCUT2D eigenvalue weighted by molar-refractivity contribution is -0.121. The highest BCUT2D eigenvalue weighted by Crippen LogP contribution is 2.37. The molecule has 0 atom stereocenters. The summed E-state index contributed by atoms with van der Waals surface area (Å²) in [6.45, 7) is 4.01. The number of benzene rings is 2. The number of halogens is 1. The predicted octanol–water partition coefficient (Wildman–Crippen LogP) is 4.80. The number of nitrogens with zero attached hydrogens (tertiary/aromatic N) is 2. The molecule has 1 saturated heterocycles. The van der Waals surface area contributed by atoms with Crippen molar-refractivity contribution in [3.63, 3.8) is 0 Å². The summed E-state index contributed by atoms with van der Waals surface area (Å²) in [5.74, 6) is -0.0497. The van der Waals surface area contributed by atoms with E-state index >= 15 is 0 Å². The van der Waals surface area contributed by atoms with Gasteiger partial charge in [-0.3, -0.25) is 9.69 Å². The van der Waals surface area contributed by atoms with Crippen molar-refractivity contribution >= 4 is 63.2 Å². The second kappa shape index (κ2) is 10.0. The van der Waals surface area contributed by atoms with Crippen LogP contribution in [0.5, 0.6) is 11.5 Å². The molecule has 1 amide bonds. The molecule has 0 aromatic heterocycles. The summed E-state index contributed by atoms with van der Waals surface area (Å²) >= 11 is 3.38. The first-order chi connectivity index (χ1) is 14.8. The van der Waals surface area contributed by atoms with Crippen LogP contribution in [0, 0.1) is 3.57 Å². The lowest BCUT2D eigenvalue weighted by Gasteiger charge is -2.12. The fourth-order valence-electron chi connectivity index (χ4n) is 2.73. The zero-order valence-electron chi connectivity index (χ0n) is 16.8. The standard InChI is InChI=1S/C22H19IN2O5S/c1-4-8-30-19-16(23)9-13(10-17(19)29-3)11-18-20(26)25(2)22(31-18)24-15-7-5-6-14(12-15)21(27)28/h4-7,9-12H,1,8H2,2-3H3,(H,27,28). The number of methoxy groups -OCH3 is 1. The van der Waals surface area contributed by atoms with Crippen LogP contribution in [0.1, 0.15) is 15.9 Å². The van der Waals surface area contributed by atoms with Crippen LogP contribution in [0.2, 0.25) is 0 Å². The van der Waals surface area contributed by atoms with Gasteiger partial charge in [-0.25, -0.2) is 9.79 Å². The van der Waals surface area contributed by atoms with Crippen molar-refractivity contribution in [1.29, 1.82) is 0 Å². The van der Waals surface area contributed by atoms with Gasteiger partial charge < -0.3 is 14.6 Å². The summed E-state index contributed by atoms with van der Waals surface area (Å²) in [5, 5.41) is 9.62. The molecule has 9 heteroatoms. The van der Waals surface area contributed by atoms with E-state index in [9.17, 15) is 9.59 Å². The molecule has 1 heterocycles. The Morgan fingerprint density at radius 1 is 1.35 bits per heavy atom. The Morgan fingerprint density at radius 2 is 2.13 bits per heavy atom. The molecule has 31 heavy (non-hydrogen) atoms. The Kier molecular flexibility index (Phi) is 7.39. The number of carbonyl (C=O) groups excluding carboxylic acids is 1. The highest BCUT2D eigenvalue weighted by molar-refractivity contribution is 14.1. The van der Waals surface area contributed by atoms with Gasteiger partial charge in [-0.05, 0) is 76.3 Å². The van der Waals surface area contributed by atoms with Crippen molar-refractivity contribution in [2.45, 2.75) is 0 Å². The van der Waals surface area contributed by atoms with E-state index in [-0.39, 0.29) is 11.5 Å². The van der Waals surface area contributed by atoms with Gasteiger partial charge in [0, 0.05) is 7.05 Å². The molecule has 0 saturated carbocycles. The number of rotatable bonds is 7. The largest absolute Gasteiger partial charge is 0.493 e. The molecule has 0 unspecified atom stereocenters. The number of thioether (sulfide) groups is 1. The number of ether oxygens (including phenoxy) is 2. The summed E-state index contributed by atoms with van der Waals surface area (Å²) in [7, 11) is 3.19. The van der Waals surface area contributed by atoms with Crippen LogP contribution < -0.4 is 9.47 Å². The zero-order chi connectivity index (χ0) is 22.5. The Labute approximate surface area is 197 Å². The van der Waals surface area contributed by atoms with Gasteiger partial charge in [-0.2, -0.15) is 0 Å². The molecule has 160 valence electrons. The van der Waals surface area contributed by atoms with E-state index in [1.165, 1.54) is 28.8 Å². The average molecular weight is 550 g/mol. The SMILES string of the molecule is C=CCOc1c(I)cc(C=C2SC(=Nc3cccc(C(=O)O)c3)N(C)C2=O)cc1OC. The van der Waals surface area contributed by atoms with Crippen molar-refractivity contribution in [2.24, 2.45) is 4.99 Å². The van der Waals surface area contributed by atoms with E-state index in [0.29, 0.717) is 33.9 Å². The van der Waals surface area contributed by atoms with Gasteiger partial charge in [0.1, 0.15) is 6.61 Å². The number of hydrogen-bond donors (Lipinski definition) is 1. The number of carbonyl (C=O) groups is 2. The van der Waals surface area contributed by atoms with Crippen molar-refractivity contribution in [2.75, 3.05) is 20.8 Å². The number of hydrogen-bond acceptors (Lipinski definition) is 6. The minimum atomic E-state index is -1.03. The van der Waals surface area contributed by atoms with Gasteiger partial charge in [0.05, 0.1) is 26.8 Å². The zero-order valence-corrected chi connectivity index (χ0v) is 19.8. The monoisotopic (exact) mass is 550 g/mol. The number of amidine groups is 1. The number of carboxylic acid groups (broad SMARTS) is 1. The van der Waals surface area contributed by atoms with Gasteiger partial charge in [0.15, 0.2) is 16.7 Å². The number of aromatic carboxylic acids is 1. The molecular weight excluding hydrogens is 531 g/mol. The highest BCUT2D eigenvalue weighted by atomic mass is 127. The van der Waals surface area contributed by atoms with Crippen LogP contribution in [0.25, 0.3) is 6.08 Å². The number of amides is 1. The summed E-state index contributed by atoms with van der Waals surface area (Å²) in [4.78, 5) is 30.3. The van der Waals surface area contributed by atoms with E-state index in [1.807, 2.05) is 6.07 Å². The summed E-state index contributed by atoms with van der Waals surface area (Å²) < 4.78 is 11.9. The maximum atomic E-state index is 12.7. The molecule has 3 rings (SSSR count). The third kappa shape index (κ3) is 5.28. The molecule has 2 aromatic rings. The smallest absolute Gasteiger partial charge is 0.335 e. The first-order valence-electron chi connectivity index (χ1n) is 9.05. The highest BCUT2D eigenvalue weighted by Gasteiger charge is 2.30. The molecule has 0 spiro atoms. The summed E-state index contributed by atoms with van der Waals surface area (Å²) in [5.41, 5.74) is 1.38. The molecule has 2 aromatic carbocycles. The fourth-order valence-corrected chi connectivity index (χ4v) is 4.50. The molecule has 7 nitrogen and oxygen atoms in total. The van der Waals surface area contributed by atoms with Gasteiger partial charge in [0.2, 0.25) is 0 Å². The van der Waals surface area contributed by atoms with Gasteiger partial charge in [0.25, 0.3) is 5.91 Å². The minimum absolute atomic E-state index is 0.134. The van der Waals surface area contributed by atoms with Crippen LogP contribution in [0.15, 0.2) is 59.0 Å². The molecule has 0 bridgehead atoms. The second-order valence-electron chi connectivity index (χ2n) is 6.36. The van der Waals surface area contributed by atoms with Crippen molar-refractivity contribution < 1.29 is 24.2 Å². The second-order valence-corrected chi connectivity index (χ2v) is 8.53. The fraction of sp³-hybridized carbons (Fsp3) is 0.136. The average Bonchev–Trinajstić information content (AvgIpc) is 3.00. The Hall–Kier alpha value is -2.79. The van der Waals surface area contributed by atoms with Crippen LogP contribution >= 0.6 is 34.4 Å². The van der Waals surface area contributed by atoms with Gasteiger partial charge >= 0.3 is 5.97 Å². The Morgan fingerprint density at radius 3 is 2.81 bits per heavy atom. The third-order valence-electron chi connectivity index (χ3n) is 4.22. The minimum Gasteiger partial charge on any atom is -0.493 e. The topological polar surface area (TPSA) is 88.4 Å². The maximum Gasteiger partial charge on any atom is 0.335 e. The Bertz CT molecular complexity index is 1110. The molecule has 1 N–H and O–H groups in total. The normalized spacial score (nSPS) is 16.1. The predicted molar refractivity (Wildman–Crippen MR) is 130 cm³/mol. The van der Waals surface area contributed by atoms with Crippen LogP contribution in [0.3, 0.4) is 0 Å². The van der Waals surface area contributed by atoms with Crippen LogP contribution in [-0.4, -0.2) is 47.8 Å². The lowest BCUT2D eigenvalue weighted by Crippen LogP contribution is -2.23.